The maximum atomic E-state index is 10.8. The van der Waals surface area contributed by atoms with Crippen molar-refractivity contribution in [1.82, 2.24) is 0 Å². The second kappa shape index (κ2) is 5.46. The van der Waals surface area contributed by atoms with Crippen LogP contribution < -0.4 is 5.32 Å². The molecule has 6 heteroatoms. The molecule has 0 amide bonds. The number of ether oxygens (including phenoxy) is 1. The highest BCUT2D eigenvalue weighted by atomic mass is 79.9. The van der Waals surface area contributed by atoms with E-state index in [1.165, 1.54) is 6.07 Å². The van der Waals surface area contributed by atoms with E-state index in [0.29, 0.717) is 6.61 Å². The number of nitro groups is 1. The lowest BCUT2D eigenvalue weighted by Gasteiger charge is -2.36. The van der Waals surface area contributed by atoms with E-state index in [1.54, 1.807) is 12.1 Å². The van der Waals surface area contributed by atoms with Crippen LogP contribution in [-0.2, 0) is 4.74 Å². The summed E-state index contributed by atoms with van der Waals surface area (Å²) in [5.74, 6) is 0. The number of nitro benzene ring substituents is 1. The molecule has 0 bridgehead atoms. The van der Waals surface area contributed by atoms with Crippen molar-refractivity contribution in [1.29, 1.82) is 0 Å². The number of hydrogen-bond acceptors (Lipinski definition) is 4. The van der Waals surface area contributed by atoms with Crippen molar-refractivity contribution in [3.8, 4) is 0 Å². The fraction of sp³-hybridized carbons (Fsp3) is 0.538. The van der Waals surface area contributed by atoms with Crippen LogP contribution in [0.25, 0.3) is 0 Å². The van der Waals surface area contributed by atoms with E-state index in [4.69, 9.17) is 4.74 Å². The molecule has 1 aliphatic rings. The molecule has 19 heavy (non-hydrogen) atoms. The third-order valence-corrected chi connectivity index (χ3v) is 3.91. The molecule has 1 aliphatic heterocycles. The Hall–Kier alpha value is -1.14. The standard InChI is InChI=1S/C13H17BrN2O3/c1-13(2)8-9(5-6-19-13)15-12-7-10(16(17)18)3-4-11(12)14/h3-4,7,9,15H,5-6,8H2,1-2H3. The van der Waals surface area contributed by atoms with Crippen molar-refractivity contribution in [2.45, 2.75) is 38.3 Å². The Balaban J connectivity index is 2.14. The minimum atomic E-state index is -0.383. The van der Waals surface area contributed by atoms with Crippen LogP contribution in [0.3, 0.4) is 0 Å². The topological polar surface area (TPSA) is 64.4 Å². The summed E-state index contributed by atoms with van der Waals surface area (Å²) in [4.78, 5) is 10.4. The minimum Gasteiger partial charge on any atom is -0.381 e. The van der Waals surface area contributed by atoms with Crippen LogP contribution in [0.5, 0.6) is 0 Å². The summed E-state index contributed by atoms with van der Waals surface area (Å²) < 4.78 is 6.50. The van der Waals surface area contributed by atoms with Crippen molar-refractivity contribution in [3.63, 3.8) is 0 Å². The molecule has 1 fully saturated rings. The van der Waals surface area contributed by atoms with Gasteiger partial charge < -0.3 is 10.1 Å². The lowest BCUT2D eigenvalue weighted by Crippen LogP contribution is -2.40. The Morgan fingerprint density at radius 1 is 1.53 bits per heavy atom. The summed E-state index contributed by atoms with van der Waals surface area (Å²) in [6.07, 6.45) is 1.78. The molecule has 0 radical (unpaired) electrons. The molecular formula is C13H17BrN2O3. The summed E-state index contributed by atoms with van der Waals surface area (Å²) >= 11 is 3.42. The first-order chi connectivity index (χ1) is 8.87. The molecule has 2 rings (SSSR count). The predicted molar refractivity (Wildman–Crippen MR) is 77.5 cm³/mol. The highest BCUT2D eigenvalue weighted by Crippen LogP contribution is 2.31. The average Bonchev–Trinajstić information content (AvgIpc) is 2.30. The van der Waals surface area contributed by atoms with Crippen molar-refractivity contribution in [2.75, 3.05) is 11.9 Å². The zero-order valence-electron chi connectivity index (χ0n) is 11.0. The van der Waals surface area contributed by atoms with Gasteiger partial charge in [-0.15, -0.1) is 0 Å². The molecule has 0 aromatic heterocycles. The molecular weight excluding hydrogens is 312 g/mol. The minimum absolute atomic E-state index is 0.0945. The van der Waals surface area contributed by atoms with Gasteiger partial charge in [0.25, 0.3) is 5.69 Å². The fourth-order valence-corrected chi connectivity index (χ4v) is 2.67. The highest BCUT2D eigenvalue weighted by Gasteiger charge is 2.29. The van der Waals surface area contributed by atoms with Crippen LogP contribution in [0, 0.1) is 10.1 Å². The van der Waals surface area contributed by atoms with Gasteiger partial charge >= 0.3 is 0 Å². The van der Waals surface area contributed by atoms with E-state index >= 15 is 0 Å². The van der Waals surface area contributed by atoms with E-state index < -0.39 is 0 Å². The highest BCUT2D eigenvalue weighted by molar-refractivity contribution is 9.10. The molecule has 1 N–H and O–H groups in total. The molecule has 1 saturated heterocycles. The first kappa shape index (κ1) is 14.3. The van der Waals surface area contributed by atoms with E-state index in [0.717, 1.165) is 23.0 Å². The summed E-state index contributed by atoms with van der Waals surface area (Å²) in [7, 11) is 0. The first-order valence-corrected chi connectivity index (χ1v) is 7.01. The monoisotopic (exact) mass is 328 g/mol. The molecule has 1 aromatic carbocycles. The third-order valence-electron chi connectivity index (χ3n) is 3.22. The van der Waals surface area contributed by atoms with Gasteiger partial charge in [0, 0.05) is 29.3 Å². The van der Waals surface area contributed by atoms with Crippen molar-refractivity contribution in [3.05, 3.63) is 32.8 Å². The van der Waals surface area contributed by atoms with Gasteiger partial charge in [-0.25, -0.2) is 0 Å². The molecule has 5 nitrogen and oxygen atoms in total. The summed E-state index contributed by atoms with van der Waals surface area (Å²) in [5, 5.41) is 14.2. The van der Waals surface area contributed by atoms with Gasteiger partial charge in [0.2, 0.25) is 0 Å². The van der Waals surface area contributed by atoms with E-state index in [2.05, 4.69) is 35.1 Å². The lowest BCUT2D eigenvalue weighted by molar-refractivity contribution is -0.384. The van der Waals surface area contributed by atoms with Crippen LogP contribution in [0.1, 0.15) is 26.7 Å². The normalized spacial score (nSPS) is 21.9. The Kier molecular flexibility index (Phi) is 4.10. The zero-order valence-corrected chi connectivity index (χ0v) is 12.6. The number of anilines is 1. The van der Waals surface area contributed by atoms with Crippen LogP contribution in [0.2, 0.25) is 0 Å². The van der Waals surface area contributed by atoms with E-state index in [1.807, 2.05) is 0 Å². The van der Waals surface area contributed by atoms with Gasteiger partial charge in [-0.2, -0.15) is 0 Å². The van der Waals surface area contributed by atoms with Gasteiger partial charge in [-0.3, -0.25) is 10.1 Å². The molecule has 1 aromatic rings. The van der Waals surface area contributed by atoms with Gasteiger partial charge in [-0.1, -0.05) is 0 Å². The van der Waals surface area contributed by atoms with Crippen molar-refractivity contribution < 1.29 is 9.66 Å². The third kappa shape index (κ3) is 3.67. The first-order valence-electron chi connectivity index (χ1n) is 6.22. The van der Waals surface area contributed by atoms with Gasteiger partial charge in [0.15, 0.2) is 0 Å². The largest absolute Gasteiger partial charge is 0.381 e. The number of benzene rings is 1. The van der Waals surface area contributed by atoms with Gasteiger partial charge in [0.05, 0.1) is 16.2 Å². The predicted octanol–water partition coefficient (Wildman–Crippen LogP) is 3.73. The maximum Gasteiger partial charge on any atom is 0.271 e. The van der Waals surface area contributed by atoms with Gasteiger partial charge in [0.1, 0.15) is 0 Å². The van der Waals surface area contributed by atoms with Crippen LogP contribution in [-0.4, -0.2) is 23.2 Å². The molecule has 0 spiro atoms. The number of hydrogen-bond donors (Lipinski definition) is 1. The van der Waals surface area contributed by atoms with Crippen LogP contribution in [0.4, 0.5) is 11.4 Å². The fourth-order valence-electron chi connectivity index (χ4n) is 2.31. The maximum absolute atomic E-state index is 10.8. The van der Waals surface area contributed by atoms with Crippen LogP contribution in [0.15, 0.2) is 22.7 Å². The van der Waals surface area contributed by atoms with Crippen LogP contribution >= 0.6 is 15.9 Å². The Labute approximate surface area is 120 Å². The molecule has 1 unspecified atom stereocenters. The van der Waals surface area contributed by atoms with Crippen molar-refractivity contribution in [2.24, 2.45) is 0 Å². The quantitative estimate of drug-likeness (QED) is 0.678. The Morgan fingerprint density at radius 3 is 2.89 bits per heavy atom. The SMILES string of the molecule is CC1(C)CC(Nc2cc([N+](=O)[O-])ccc2Br)CCO1. The van der Waals surface area contributed by atoms with E-state index in [-0.39, 0.29) is 22.3 Å². The second-order valence-electron chi connectivity index (χ2n) is 5.36. The molecule has 1 atom stereocenters. The van der Waals surface area contributed by atoms with Crippen molar-refractivity contribution >= 4 is 27.3 Å². The van der Waals surface area contributed by atoms with E-state index in [9.17, 15) is 10.1 Å². The Bertz CT molecular complexity index is 491. The molecule has 0 aliphatic carbocycles. The number of non-ortho nitro benzene ring substituents is 1. The number of nitrogens with one attached hydrogen (secondary N) is 1. The molecule has 1 heterocycles. The molecule has 0 saturated carbocycles. The molecule has 104 valence electrons. The lowest BCUT2D eigenvalue weighted by atomic mass is 9.94. The summed E-state index contributed by atoms with van der Waals surface area (Å²) in [6.45, 7) is 4.82. The second-order valence-corrected chi connectivity index (χ2v) is 6.22. The number of rotatable bonds is 3. The number of nitrogens with zero attached hydrogens (tertiary/aromatic N) is 1. The summed E-state index contributed by atoms with van der Waals surface area (Å²) in [5.41, 5.74) is 0.706. The average molecular weight is 329 g/mol. The summed E-state index contributed by atoms with van der Waals surface area (Å²) in [6, 6.07) is 5.02. The smallest absolute Gasteiger partial charge is 0.271 e. The zero-order chi connectivity index (χ0) is 14.0. The van der Waals surface area contributed by atoms with Gasteiger partial charge in [-0.05, 0) is 48.7 Å². The number of halogens is 1. The Morgan fingerprint density at radius 2 is 2.26 bits per heavy atom.